The van der Waals surface area contributed by atoms with Gasteiger partial charge in [0.2, 0.25) is 0 Å². The Hall–Kier alpha value is -6.76. The van der Waals surface area contributed by atoms with Gasteiger partial charge in [0.05, 0.1) is 10.7 Å². The summed E-state index contributed by atoms with van der Waals surface area (Å²) in [5, 5.41) is 4.83. The molecule has 0 aliphatic carbocycles. The Morgan fingerprint density at radius 2 is 1.12 bits per heavy atom. The number of hydrogen-bond acceptors (Lipinski definition) is 5. The number of hydrogen-bond donors (Lipinski definition) is 0. The first kappa shape index (κ1) is 41.7. The molecule has 3 aromatic heterocycles. The van der Waals surface area contributed by atoms with Gasteiger partial charge in [-0.15, -0.1) is 11.3 Å². The van der Waals surface area contributed by atoms with Crippen molar-refractivity contribution in [3.63, 3.8) is 0 Å². The Balaban J connectivity index is 1.17. The molecule has 0 atom stereocenters. The second-order valence-corrected chi connectivity index (χ2v) is 22.4. The lowest BCUT2D eigenvalue weighted by molar-refractivity contribution is 0.589. The summed E-state index contributed by atoms with van der Waals surface area (Å²) in [6.45, 7) is 23.2. The van der Waals surface area contributed by atoms with Gasteiger partial charge in [0.15, 0.2) is 0 Å². The Labute approximate surface area is 398 Å². The van der Waals surface area contributed by atoms with E-state index in [1.807, 2.05) is 29.5 Å². The van der Waals surface area contributed by atoms with Gasteiger partial charge in [-0.25, -0.2) is 0 Å². The molecule has 4 nitrogen and oxygen atoms in total. The van der Waals surface area contributed by atoms with Crippen molar-refractivity contribution in [3.8, 4) is 22.6 Å². The van der Waals surface area contributed by atoms with Crippen molar-refractivity contribution in [2.45, 2.75) is 86.0 Å². The van der Waals surface area contributed by atoms with Crippen LogP contribution in [0.15, 0.2) is 154 Å². The second-order valence-electron chi connectivity index (χ2n) is 21.3. The third-order valence-electron chi connectivity index (χ3n) is 14.4. The number of para-hydroxylation sites is 2. The second kappa shape index (κ2) is 14.9. The number of thiophene rings is 1. The van der Waals surface area contributed by atoms with E-state index in [1.54, 1.807) is 0 Å². The molecule has 0 saturated carbocycles. The minimum atomic E-state index is -0.0544. The molecule has 10 aromatic rings. The summed E-state index contributed by atoms with van der Waals surface area (Å²) >= 11 is 1.94. The third-order valence-corrected chi connectivity index (χ3v) is 15.5. The van der Waals surface area contributed by atoms with Crippen LogP contribution in [-0.2, 0) is 10.8 Å². The molecular formula is C61H55BN2O2S. The highest BCUT2D eigenvalue weighted by Gasteiger charge is 2.46. The molecule has 2 aliphatic heterocycles. The van der Waals surface area contributed by atoms with Gasteiger partial charge in [0.1, 0.15) is 22.7 Å². The first-order chi connectivity index (χ1) is 32.1. The van der Waals surface area contributed by atoms with Crippen LogP contribution in [0, 0.1) is 13.8 Å². The Morgan fingerprint density at radius 3 is 1.72 bits per heavy atom. The fourth-order valence-electron chi connectivity index (χ4n) is 10.8. The van der Waals surface area contributed by atoms with Gasteiger partial charge in [0, 0.05) is 49.3 Å². The summed E-state index contributed by atoms with van der Waals surface area (Å²) in [5.41, 5.74) is 20.5. The molecule has 67 heavy (non-hydrogen) atoms. The van der Waals surface area contributed by atoms with Crippen LogP contribution in [-0.4, -0.2) is 6.71 Å². The highest BCUT2D eigenvalue weighted by Crippen LogP contribution is 2.51. The van der Waals surface area contributed by atoms with Gasteiger partial charge in [-0.1, -0.05) is 122 Å². The van der Waals surface area contributed by atoms with Crippen LogP contribution in [0.3, 0.4) is 0 Å². The predicted molar refractivity (Wildman–Crippen MR) is 287 cm³/mol. The van der Waals surface area contributed by atoms with E-state index >= 15 is 0 Å². The number of aryl methyl sites for hydroxylation is 2. The van der Waals surface area contributed by atoms with E-state index in [1.165, 1.54) is 82.0 Å². The van der Waals surface area contributed by atoms with Gasteiger partial charge in [-0.3, -0.25) is 0 Å². The van der Waals surface area contributed by atoms with Crippen molar-refractivity contribution in [2.24, 2.45) is 0 Å². The van der Waals surface area contributed by atoms with Crippen molar-refractivity contribution in [2.75, 3.05) is 9.80 Å². The lowest BCUT2D eigenvalue weighted by atomic mass is 9.33. The first-order valence-corrected chi connectivity index (χ1v) is 24.6. The zero-order valence-corrected chi connectivity index (χ0v) is 40.9. The van der Waals surface area contributed by atoms with E-state index in [-0.39, 0.29) is 17.5 Å². The van der Waals surface area contributed by atoms with Crippen molar-refractivity contribution in [1.82, 2.24) is 0 Å². The first-order valence-electron chi connectivity index (χ1n) is 23.8. The molecule has 0 bridgehead atoms. The SMILES string of the molecule is Cc1cc(C(C)(C)C)cc(C)c1N1c2cc(C(C)C)cc3c2B(c2cc(-c4cc5ccccc5o4)ccc2N3c2ccc(-c3cc4ccccc4o3)cc2)c2c1sc1ccc(C(C)(C)C)cc21. The Bertz CT molecular complexity index is 3540. The zero-order valence-electron chi connectivity index (χ0n) is 40.1. The molecule has 12 rings (SSSR count). The summed E-state index contributed by atoms with van der Waals surface area (Å²) in [6.07, 6.45) is 0. The average Bonchev–Trinajstić information content (AvgIpc) is 4.04. The monoisotopic (exact) mass is 890 g/mol. The van der Waals surface area contributed by atoms with Crippen molar-refractivity contribution in [1.29, 1.82) is 0 Å². The fraction of sp³-hybridized carbons (Fsp3) is 0.213. The predicted octanol–water partition coefficient (Wildman–Crippen LogP) is 16.1. The minimum Gasteiger partial charge on any atom is -0.456 e. The normalized spacial score (nSPS) is 13.6. The highest BCUT2D eigenvalue weighted by atomic mass is 32.1. The molecule has 0 fully saturated rings. The number of furan rings is 2. The maximum absolute atomic E-state index is 6.64. The quantitative estimate of drug-likeness (QED) is 0.161. The van der Waals surface area contributed by atoms with E-state index in [9.17, 15) is 0 Å². The minimum absolute atomic E-state index is 0.0195. The van der Waals surface area contributed by atoms with Gasteiger partial charge in [-0.05, 0) is 159 Å². The molecule has 5 heterocycles. The van der Waals surface area contributed by atoms with Crippen LogP contribution in [0.5, 0.6) is 0 Å². The average molecular weight is 891 g/mol. The molecule has 0 N–H and O–H groups in total. The Kier molecular flexibility index (Phi) is 9.25. The Morgan fingerprint density at radius 1 is 0.537 bits per heavy atom. The van der Waals surface area contributed by atoms with Crippen LogP contribution in [0.4, 0.5) is 33.4 Å². The summed E-state index contributed by atoms with van der Waals surface area (Å²) in [4.78, 5) is 5.19. The van der Waals surface area contributed by atoms with E-state index in [2.05, 4.69) is 206 Å². The topological polar surface area (TPSA) is 32.8 Å². The van der Waals surface area contributed by atoms with E-state index in [0.717, 1.165) is 50.3 Å². The third kappa shape index (κ3) is 6.62. The molecular weight excluding hydrogens is 836 g/mol. The van der Waals surface area contributed by atoms with Gasteiger partial charge in [-0.2, -0.15) is 0 Å². The van der Waals surface area contributed by atoms with Crippen molar-refractivity contribution >= 4 is 99.9 Å². The maximum Gasteiger partial charge on any atom is 0.254 e. The number of nitrogens with zero attached hydrogens (tertiary/aromatic N) is 2. The van der Waals surface area contributed by atoms with Crippen LogP contribution in [0.2, 0.25) is 0 Å². The number of anilines is 6. The van der Waals surface area contributed by atoms with Crippen LogP contribution in [0.25, 0.3) is 54.7 Å². The summed E-state index contributed by atoms with van der Waals surface area (Å²) in [6, 6.07) is 54.0. The van der Waals surface area contributed by atoms with Crippen molar-refractivity contribution < 1.29 is 8.83 Å². The maximum atomic E-state index is 6.64. The van der Waals surface area contributed by atoms with Gasteiger partial charge >= 0.3 is 0 Å². The molecule has 0 unspecified atom stereocenters. The van der Waals surface area contributed by atoms with E-state index in [4.69, 9.17) is 8.83 Å². The molecule has 0 spiro atoms. The molecule has 0 saturated heterocycles. The lowest BCUT2D eigenvalue weighted by Crippen LogP contribution is -2.61. The molecule has 0 radical (unpaired) electrons. The largest absolute Gasteiger partial charge is 0.456 e. The van der Waals surface area contributed by atoms with Crippen LogP contribution < -0.4 is 26.2 Å². The van der Waals surface area contributed by atoms with E-state index < -0.39 is 0 Å². The molecule has 6 heteroatoms. The molecule has 0 amide bonds. The number of benzene rings is 7. The van der Waals surface area contributed by atoms with Gasteiger partial charge < -0.3 is 18.6 Å². The molecule has 7 aromatic carbocycles. The van der Waals surface area contributed by atoms with Crippen LogP contribution in [0.1, 0.15) is 89.1 Å². The van der Waals surface area contributed by atoms with Gasteiger partial charge in [0.25, 0.3) is 6.71 Å². The van der Waals surface area contributed by atoms with Crippen molar-refractivity contribution in [3.05, 3.63) is 173 Å². The standard InChI is InChI=1S/C61H55BN2O2S/c1-35(2)42-30-49-57-50(31-42)64(58-36(3)27-44(28-37(58)4)61(8,9)10)59-56(46-34-43(60(5,6)7)22-26-55(46)67-59)62(57)47-29-41(54-33-40-16-12-14-18-52(40)66-54)21-25-48(47)63(49)45-23-19-38(20-24-45)53-32-39-15-11-13-17-51(39)65-53/h11-35H,1-10H3. The molecule has 330 valence electrons. The fourth-order valence-corrected chi connectivity index (χ4v) is 12.0. The number of rotatable bonds is 5. The summed E-state index contributed by atoms with van der Waals surface area (Å²) < 4.78 is 14.3. The highest BCUT2D eigenvalue weighted by molar-refractivity contribution is 7.26. The lowest BCUT2D eigenvalue weighted by Gasteiger charge is -2.44. The molecule has 2 aliphatic rings. The van der Waals surface area contributed by atoms with E-state index in [0.29, 0.717) is 5.92 Å². The number of fused-ring (bicyclic) bond motifs is 8. The van der Waals surface area contributed by atoms with Crippen LogP contribution >= 0.6 is 11.3 Å². The smallest absolute Gasteiger partial charge is 0.254 e. The zero-order chi connectivity index (χ0) is 46.3. The summed E-state index contributed by atoms with van der Waals surface area (Å²) in [7, 11) is 0. The summed E-state index contributed by atoms with van der Waals surface area (Å²) in [5.74, 6) is 2.03.